The van der Waals surface area contributed by atoms with Gasteiger partial charge in [-0.05, 0) is 36.8 Å². The zero-order valence-corrected chi connectivity index (χ0v) is 15.1. The fraction of sp³-hybridized carbons (Fsp3) is 0.222. The summed E-state index contributed by atoms with van der Waals surface area (Å²) in [5.74, 6) is 2.46. The van der Waals surface area contributed by atoms with E-state index in [2.05, 4.69) is 10.2 Å². The molecule has 1 aliphatic rings. The predicted molar refractivity (Wildman–Crippen MR) is 96.5 cm³/mol. The number of hydrogen-bond acceptors (Lipinski definition) is 6. The molecule has 0 amide bonds. The zero-order chi connectivity index (χ0) is 17.2. The first-order valence-corrected chi connectivity index (χ1v) is 9.17. The Labute approximate surface area is 154 Å². The van der Waals surface area contributed by atoms with Gasteiger partial charge in [-0.3, -0.25) is 0 Å². The van der Waals surface area contributed by atoms with Crippen LogP contribution in [0.25, 0.3) is 11.5 Å². The Morgan fingerprint density at radius 1 is 1.12 bits per heavy atom. The molecular formula is C18H15ClN2O3S. The van der Waals surface area contributed by atoms with E-state index in [1.54, 1.807) is 0 Å². The van der Waals surface area contributed by atoms with Crippen LogP contribution >= 0.6 is 23.4 Å². The third kappa shape index (κ3) is 3.60. The van der Waals surface area contributed by atoms with Crippen molar-refractivity contribution in [1.82, 2.24) is 10.2 Å². The molecule has 2 heterocycles. The summed E-state index contributed by atoms with van der Waals surface area (Å²) in [7, 11) is 0. The number of aryl methyl sites for hydroxylation is 1. The molecule has 2 aromatic carbocycles. The Kier molecular flexibility index (Phi) is 4.55. The van der Waals surface area contributed by atoms with Crippen molar-refractivity contribution in [2.75, 3.05) is 13.2 Å². The second kappa shape index (κ2) is 6.98. The predicted octanol–water partition coefficient (Wildman–Crippen LogP) is 4.76. The number of hydrogen-bond donors (Lipinski definition) is 0. The maximum atomic E-state index is 6.26. The molecule has 0 radical (unpaired) electrons. The van der Waals surface area contributed by atoms with Crippen LogP contribution in [0.3, 0.4) is 0 Å². The SMILES string of the molecule is Cc1cccc(-c2nnc(SCc3cc(Cl)c4c(c3)OCCO4)o2)c1. The molecule has 4 rings (SSSR count). The minimum absolute atomic E-state index is 0.516. The molecule has 0 saturated carbocycles. The van der Waals surface area contributed by atoms with Gasteiger partial charge in [0.05, 0.1) is 5.02 Å². The average molecular weight is 375 g/mol. The first-order valence-electron chi connectivity index (χ1n) is 7.80. The van der Waals surface area contributed by atoms with Gasteiger partial charge >= 0.3 is 0 Å². The van der Waals surface area contributed by atoms with Crippen LogP contribution < -0.4 is 9.47 Å². The third-order valence-electron chi connectivity index (χ3n) is 3.69. The third-order valence-corrected chi connectivity index (χ3v) is 4.86. The van der Waals surface area contributed by atoms with Crippen molar-refractivity contribution in [1.29, 1.82) is 0 Å². The van der Waals surface area contributed by atoms with Crippen LogP contribution in [-0.4, -0.2) is 23.4 Å². The highest BCUT2D eigenvalue weighted by atomic mass is 35.5. The number of fused-ring (bicyclic) bond motifs is 1. The standard InChI is InChI=1S/C18H15ClN2O3S/c1-11-3-2-4-13(7-11)17-20-21-18(24-17)25-10-12-8-14(19)16-15(9-12)22-5-6-23-16/h2-4,7-9H,5-6,10H2,1H3. The number of thioether (sulfide) groups is 1. The molecule has 1 aromatic heterocycles. The summed E-state index contributed by atoms with van der Waals surface area (Å²) < 4.78 is 16.9. The van der Waals surface area contributed by atoms with E-state index >= 15 is 0 Å². The van der Waals surface area contributed by atoms with Gasteiger partial charge in [0.2, 0.25) is 5.89 Å². The second-order valence-corrected chi connectivity index (χ2v) is 6.97. The maximum absolute atomic E-state index is 6.26. The second-order valence-electron chi connectivity index (χ2n) is 5.63. The minimum atomic E-state index is 0.516. The van der Waals surface area contributed by atoms with E-state index in [0.717, 1.165) is 16.7 Å². The topological polar surface area (TPSA) is 57.4 Å². The van der Waals surface area contributed by atoms with Crippen LogP contribution in [-0.2, 0) is 5.75 Å². The molecule has 0 aliphatic carbocycles. The van der Waals surface area contributed by atoms with E-state index in [1.165, 1.54) is 11.8 Å². The Bertz CT molecular complexity index is 913. The number of aromatic nitrogens is 2. The van der Waals surface area contributed by atoms with Crippen LogP contribution in [0.4, 0.5) is 0 Å². The fourth-order valence-corrected chi connectivity index (χ4v) is 3.54. The Morgan fingerprint density at radius 2 is 2.00 bits per heavy atom. The largest absolute Gasteiger partial charge is 0.486 e. The molecule has 25 heavy (non-hydrogen) atoms. The molecule has 0 bridgehead atoms. The first-order chi connectivity index (χ1) is 12.2. The smallest absolute Gasteiger partial charge is 0.277 e. The highest BCUT2D eigenvalue weighted by Gasteiger charge is 2.17. The Balaban J connectivity index is 1.48. The van der Waals surface area contributed by atoms with E-state index < -0.39 is 0 Å². The van der Waals surface area contributed by atoms with Crippen molar-refractivity contribution in [3.63, 3.8) is 0 Å². The summed E-state index contributed by atoms with van der Waals surface area (Å²) in [6.07, 6.45) is 0. The Hall–Kier alpha value is -2.18. The van der Waals surface area contributed by atoms with Gasteiger partial charge in [-0.2, -0.15) is 0 Å². The summed E-state index contributed by atoms with van der Waals surface area (Å²) >= 11 is 7.72. The molecule has 0 fully saturated rings. The molecule has 0 saturated heterocycles. The van der Waals surface area contributed by atoms with E-state index in [1.807, 2.05) is 43.3 Å². The molecule has 128 valence electrons. The lowest BCUT2D eigenvalue weighted by atomic mass is 10.1. The quantitative estimate of drug-likeness (QED) is 0.613. The van der Waals surface area contributed by atoms with Gasteiger partial charge in [0.15, 0.2) is 11.5 Å². The fourth-order valence-electron chi connectivity index (χ4n) is 2.56. The normalized spacial score (nSPS) is 13.0. The molecule has 0 atom stereocenters. The average Bonchev–Trinajstić information content (AvgIpc) is 3.09. The van der Waals surface area contributed by atoms with Crippen LogP contribution in [0.1, 0.15) is 11.1 Å². The molecule has 5 nitrogen and oxygen atoms in total. The van der Waals surface area contributed by atoms with E-state index in [-0.39, 0.29) is 0 Å². The summed E-state index contributed by atoms with van der Waals surface area (Å²) in [4.78, 5) is 0. The van der Waals surface area contributed by atoms with E-state index in [0.29, 0.717) is 46.6 Å². The van der Waals surface area contributed by atoms with Crippen LogP contribution in [0, 0.1) is 6.92 Å². The summed E-state index contributed by atoms with van der Waals surface area (Å²) in [6.45, 7) is 3.08. The van der Waals surface area contributed by atoms with Crippen molar-refractivity contribution < 1.29 is 13.9 Å². The number of benzene rings is 2. The first kappa shape index (κ1) is 16.3. The number of halogens is 1. The number of ether oxygens (including phenoxy) is 2. The van der Waals surface area contributed by atoms with Gasteiger partial charge in [0.1, 0.15) is 13.2 Å². The summed E-state index contributed by atoms with van der Waals surface area (Å²) in [6, 6.07) is 11.8. The molecule has 3 aromatic rings. The minimum Gasteiger partial charge on any atom is -0.486 e. The highest BCUT2D eigenvalue weighted by molar-refractivity contribution is 7.98. The van der Waals surface area contributed by atoms with E-state index in [9.17, 15) is 0 Å². The molecule has 1 aliphatic heterocycles. The molecule has 7 heteroatoms. The summed E-state index contributed by atoms with van der Waals surface area (Å²) in [5.41, 5.74) is 3.08. The van der Waals surface area contributed by atoms with Gasteiger partial charge in [0.25, 0.3) is 5.22 Å². The number of nitrogens with zero attached hydrogens (tertiary/aromatic N) is 2. The van der Waals surface area contributed by atoms with Crippen LogP contribution in [0.2, 0.25) is 5.02 Å². The van der Waals surface area contributed by atoms with Crippen molar-refractivity contribution in [3.8, 4) is 23.0 Å². The van der Waals surface area contributed by atoms with Gasteiger partial charge in [-0.15, -0.1) is 10.2 Å². The molecule has 0 unspecified atom stereocenters. The van der Waals surface area contributed by atoms with E-state index in [4.69, 9.17) is 25.5 Å². The van der Waals surface area contributed by atoms with Crippen molar-refractivity contribution in [2.24, 2.45) is 0 Å². The van der Waals surface area contributed by atoms with Gasteiger partial charge in [-0.1, -0.05) is 41.1 Å². The molecule has 0 spiro atoms. The van der Waals surface area contributed by atoms with Crippen molar-refractivity contribution in [2.45, 2.75) is 17.9 Å². The molecular weight excluding hydrogens is 360 g/mol. The maximum Gasteiger partial charge on any atom is 0.277 e. The zero-order valence-electron chi connectivity index (χ0n) is 13.5. The van der Waals surface area contributed by atoms with Crippen molar-refractivity contribution >= 4 is 23.4 Å². The lowest BCUT2D eigenvalue weighted by Gasteiger charge is -2.20. The monoisotopic (exact) mass is 374 g/mol. The number of rotatable bonds is 4. The summed E-state index contributed by atoms with van der Waals surface area (Å²) in [5, 5.41) is 9.29. The van der Waals surface area contributed by atoms with Gasteiger partial charge in [-0.25, -0.2) is 0 Å². The lowest BCUT2D eigenvalue weighted by Crippen LogP contribution is -2.15. The van der Waals surface area contributed by atoms with Crippen LogP contribution in [0.5, 0.6) is 11.5 Å². The van der Waals surface area contributed by atoms with Gasteiger partial charge < -0.3 is 13.9 Å². The van der Waals surface area contributed by atoms with Crippen LogP contribution in [0.15, 0.2) is 46.0 Å². The highest BCUT2D eigenvalue weighted by Crippen LogP contribution is 2.39. The van der Waals surface area contributed by atoms with Crippen molar-refractivity contribution in [3.05, 3.63) is 52.5 Å². The Morgan fingerprint density at radius 3 is 2.88 bits per heavy atom. The molecule has 0 N–H and O–H groups in total. The lowest BCUT2D eigenvalue weighted by molar-refractivity contribution is 0.171. The van der Waals surface area contributed by atoms with Gasteiger partial charge in [0, 0.05) is 11.3 Å².